The van der Waals surface area contributed by atoms with E-state index in [1.807, 2.05) is 0 Å². The lowest BCUT2D eigenvalue weighted by Gasteiger charge is -2.27. The Labute approximate surface area is 108 Å². The SMILES string of the molecule is O=C(CNS(=O)(=O)C1CCNC1)N1CCCCC1. The van der Waals surface area contributed by atoms with Gasteiger partial charge in [-0.05, 0) is 32.2 Å². The topological polar surface area (TPSA) is 78.5 Å². The first-order chi connectivity index (χ1) is 8.59. The number of carbonyl (C=O) groups is 1. The highest BCUT2D eigenvalue weighted by Gasteiger charge is 2.29. The van der Waals surface area contributed by atoms with Gasteiger partial charge in [0.2, 0.25) is 15.9 Å². The van der Waals surface area contributed by atoms with Gasteiger partial charge in [0.15, 0.2) is 0 Å². The molecule has 0 radical (unpaired) electrons. The second-order valence-corrected chi connectivity index (χ2v) is 6.97. The number of amides is 1. The second kappa shape index (κ2) is 5.99. The molecule has 2 fully saturated rings. The normalized spacial score (nSPS) is 25.3. The second-order valence-electron chi connectivity index (χ2n) is 4.92. The molecule has 2 heterocycles. The quantitative estimate of drug-likeness (QED) is 0.710. The van der Waals surface area contributed by atoms with Crippen molar-refractivity contribution < 1.29 is 13.2 Å². The minimum atomic E-state index is -3.35. The Hall–Kier alpha value is -0.660. The minimum absolute atomic E-state index is 0.0984. The zero-order valence-corrected chi connectivity index (χ0v) is 11.3. The predicted octanol–water partition coefficient (Wildman–Crippen LogP) is -0.720. The molecule has 0 aliphatic carbocycles. The number of rotatable bonds is 4. The third-order valence-electron chi connectivity index (χ3n) is 3.59. The standard InChI is InChI=1S/C11H21N3O3S/c15-11(14-6-2-1-3-7-14)9-13-18(16,17)10-4-5-12-8-10/h10,12-13H,1-9H2. The Bertz CT molecular complexity index is 384. The molecule has 2 rings (SSSR count). The third kappa shape index (κ3) is 3.43. The molecule has 0 aromatic rings. The molecule has 0 spiro atoms. The summed E-state index contributed by atoms with van der Waals surface area (Å²) in [6.45, 7) is 2.62. The summed E-state index contributed by atoms with van der Waals surface area (Å²) in [4.78, 5) is 13.6. The summed E-state index contributed by atoms with van der Waals surface area (Å²) in [5.41, 5.74) is 0. The van der Waals surface area contributed by atoms with E-state index in [9.17, 15) is 13.2 Å². The number of hydrogen-bond donors (Lipinski definition) is 2. The Morgan fingerprint density at radius 3 is 2.61 bits per heavy atom. The lowest BCUT2D eigenvalue weighted by atomic mass is 10.1. The van der Waals surface area contributed by atoms with Gasteiger partial charge in [-0.3, -0.25) is 4.79 Å². The molecule has 2 N–H and O–H groups in total. The molecule has 0 bridgehead atoms. The van der Waals surface area contributed by atoms with Crippen LogP contribution in [0.5, 0.6) is 0 Å². The molecule has 0 saturated carbocycles. The van der Waals surface area contributed by atoms with Gasteiger partial charge in [0, 0.05) is 19.6 Å². The Kier molecular flexibility index (Phi) is 4.58. The molecule has 1 atom stereocenters. The van der Waals surface area contributed by atoms with Crippen LogP contribution in [0.4, 0.5) is 0 Å². The van der Waals surface area contributed by atoms with Gasteiger partial charge in [-0.15, -0.1) is 0 Å². The van der Waals surface area contributed by atoms with Crippen LogP contribution in [-0.2, 0) is 14.8 Å². The predicted molar refractivity (Wildman–Crippen MR) is 68.6 cm³/mol. The molecule has 6 nitrogen and oxygen atoms in total. The summed E-state index contributed by atoms with van der Waals surface area (Å²) in [7, 11) is -3.35. The van der Waals surface area contributed by atoms with E-state index in [0.29, 0.717) is 13.0 Å². The summed E-state index contributed by atoms with van der Waals surface area (Å²) in [6, 6.07) is 0. The van der Waals surface area contributed by atoms with E-state index >= 15 is 0 Å². The van der Waals surface area contributed by atoms with E-state index in [1.165, 1.54) is 0 Å². The molecule has 2 aliphatic rings. The van der Waals surface area contributed by atoms with Crippen LogP contribution in [0.15, 0.2) is 0 Å². The summed E-state index contributed by atoms with van der Waals surface area (Å²) in [5.74, 6) is -0.107. The summed E-state index contributed by atoms with van der Waals surface area (Å²) in [6.07, 6.45) is 3.81. The van der Waals surface area contributed by atoms with Crippen molar-refractivity contribution >= 4 is 15.9 Å². The van der Waals surface area contributed by atoms with E-state index < -0.39 is 15.3 Å². The summed E-state index contributed by atoms with van der Waals surface area (Å²) < 4.78 is 26.2. The van der Waals surface area contributed by atoms with Crippen molar-refractivity contribution in [2.75, 3.05) is 32.7 Å². The molecule has 1 amide bonds. The number of likely N-dealkylation sites (tertiary alicyclic amines) is 1. The molecule has 1 unspecified atom stereocenters. The van der Waals surface area contributed by atoms with Crippen LogP contribution < -0.4 is 10.0 Å². The van der Waals surface area contributed by atoms with E-state index in [4.69, 9.17) is 0 Å². The van der Waals surface area contributed by atoms with Crippen LogP contribution in [0.1, 0.15) is 25.7 Å². The van der Waals surface area contributed by atoms with Crippen molar-refractivity contribution in [2.45, 2.75) is 30.9 Å². The van der Waals surface area contributed by atoms with Gasteiger partial charge >= 0.3 is 0 Å². The number of piperidine rings is 1. The number of sulfonamides is 1. The van der Waals surface area contributed by atoms with E-state index in [2.05, 4.69) is 10.0 Å². The highest BCUT2D eigenvalue weighted by Crippen LogP contribution is 2.10. The van der Waals surface area contributed by atoms with Gasteiger partial charge in [-0.1, -0.05) is 0 Å². The average Bonchev–Trinajstić information content (AvgIpc) is 2.92. The molecule has 7 heteroatoms. The molecule has 18 heavy (non-hydrogen) atoms. The van der Waals surface area contributed by atoms with E-state index in [1.54, 1.807) is 4.90 Å². The Morgan fingerprint density at radius 2 is 2.00 bits per heavy atom. The first-order valence-corrected chi connectivity index (χ1v) is 8.11. The highest BCUT2D eigenvalue weighted by atomic mass is 32.2. The molecule has 2 aliphatic heterocycles. The van der Waals surface area contributed by atoms with Crippen molar-refractivity contribution in [3.05, 3.63) is 0 Å². The molecular weight excluding hydrogens is 254 g/mol. The summed E-state index contributed by atoms with van der Waals surface area (Å²) >= 11 is 0. The van der Waals surface area contributed by atoms with Gasteiger partial charge in [-0.2, -0.15) is 0 Å². The van der Waals surface area contributed by atoms with Gasteiger partial charge < -0.3 is 10.2 Å². The van der Waals surface area contributed by atoms with Crippen molar-refractivity contribution in [3.8, 4) is 0 Å². The number of carbonyl (C=O) groups excluding carboxylic acids is 1. The first kappa shape index (κ1) is 13.8. The van der Waals surface area contributed by atoms with Crippen LogP contribution in [0.3, 0.4) is 0 Å². The van der Waals surface area contributed by atoms with Crippen molar-refractivity contribution in [1.29, 1.82) is 0 Å². The van der Waals surface area contributed by atoms with E-state index in [0.717, 1.165) is 38.9 Å². The molecule has 0 aromatic carbocycles. The maximum atomic E-state index is 11.9. The van der Waals surface area contributed by atoms with Crippen molar-refractivity contribution in [1.82, 2.24) is 14.9 Å². The average molecular weight is 275 g/mol. The van der Waals surface area contributed by atoms with Crippen LogP contribution in [-0.4, -0.2) is 57.2 Å². The van der Waals surface area contributed by atoms with Crippen LogP contribution >= 0.6 is 0 Å². The Balaban J connectivity index is 1.81. The number of nitrogens with zero attached hydrogens (tertiary/aromatic N) is 1. The fourth-order valence-corrected chi connectivity index (χ4v) is 3.75. The lowest BCUT2D eigenvalue weighted by Crippen LogP contribution is -2.45. The van der Waals surface area contributed by atoms with Crippen molar-refractivity contribution in [3.63, 3.8) is 0 Å². The van der Waals surface area contributed by atoms with Gasteiger partial charge in [0.1, 0.15) is 0 Å². The molecule has 0 aromatic heterocycles. The van der Waals surface area contributed by atoms with Crippen LogP contribution in [0.2, 0.25) is 0 Å². The Morgan fingerprint density at radius 1 is 1.28 bits per heavy atom. The third-order valence-corrected chi connectivity index (χ3v) is 5.41. The lowest BCUT2D eigenvalue weighted by molar-refractivity contribution is -0.130. The van der Waals surface area contributed by atoms with Crippen LogP contribution in [0, 0.1) is 0 Å². The number of nitrogens with one attached hydrogen (secondary N) is 2. The van der Waals surface area contributed by atoms with E-state index in [-0.39, 0.29) is 12.5 Å². The maximum absolute atomic E-state index is 11.9. The van der Waals surface area contributed by atoms with Crippen molar-refractivity contribution in [2.24, 2.45) is 0 Å². The van der Waals surface area contributed by atoms with Gasteiger partial charge in [0.25, 0.3) is 0 Å². The smallest absolute Gasteiger partial charge is 0.237 e. The fourth-order valence-electron chi connectivity index (χ4n) is 2.43. The summed E-state index contributed by atoms with van der Waals surface area (Å²) in [5, 5.41) is 2.62. The van der Waals surface area contributed by atoms with Crippen LogP contribution in [0.25, 0.3) is 0 Å². The zero-order valence-electron chi connectivity index (χ0n) is 10.5. The monoisotopic (exact) mass is 275 g/mol. The molecule has 104 valence electrons. The molecular formula is C11H21N3O3S. The zero-order chi connectivity index (χ0) is 13.0. The maximum Gasteiger partial charge on any atom is 0.237 e. The van der Waals surface area contributed by atoms with Gasteiger partial charge in [0.05, 0.1) is 11.8 Å². The highest BCUT2D eigenvalue weighted by molar-refractivity contribution is 7.90. The largest absolute Gasteiger partial charge is 0.342 e. The first-order valence-electron chi connectivity index (χ1n) is 6.56. The minimum Gasteiger partial charge on any atom is -0.342 e. The molecule has 2 saturated heterocycles. The van der Waals surface area contributed by atoms with Gasteiger partial charge in [-0.25, -0.2) is 13.1 Å². The number of hydrogen-bond acceptors (Lipinski definition) is 4. The fraction of sp³-hybridized carbons (Fsp3) is 0.909.